The third-order valence-corrected chi connectivity index (χ3v) is 4.50. The quantitative estimate of drug-likeness (QED) is 0.220. The van der Waals surface area contributed by atoms with Crippen LogP contribution in [0.4, 0.5) is 0 Å². The molecule has 0 atom stereocenters. The van der Waals surface area contributed by atoms with Gasteiger partial charge in [-0.2, -0.15) is 0 Å². The highest BCUT2D eigenvalue weighted by atomic mass is 127. The topological polar surface area (TPSA) is 40.5 Å². The standard InChI is InChI=1S/C17H30N4S.HI/c1-7-9-10-11-21(6)16(18-8-2)19-12-14-13-22-15(20-14)17(3,4)5;/h7,13H,1,8-12H2,2-6H3,(H,18,19);1H. The molecule has 1 N–H and O–H groups in total. The van der Waals surface area contributed by atoms with Gasteiger partial charge in [-0.25, -0.2) is 9.98 Å². The van der Waals surface area contributed by atoms with E-state index in [1.807, 2.05) is 6.08 Å². The molecule has 1 aromatic heterocycles. The van der Waals surface area contributed by atoms with Gasteiger partial charge in [-0.15, -0.1) is 41.9 Å². The lowest BCUT2D eigenvalue weighted by Crippen LogP contribution is -2.39. The predicted octanol–water partition coefficient (Wildman–Crippen LogP) is 4.42. The number of aromatic nitrogens is 1. The van der Waals surface area contributed by atoms with Gasteiger partial charge in [0.05, 0.1) is 17.2 Å². The lowest BCUT2D eigenvalue weighted by Gasteiger charge is -2.21. The number of thiazole rings is 1. The molecule has 6 heteroatoms. The molecule has 0 amide bonds. The SMILES string of the molecule is C=CCCCN(C)C(=NCc1csc(C(C)(C)C)n1)NCC.I. The smallest absolute Gasteiger partial charge is 0.194 e. The van der Waals surface area contributed by atoms with Gasteiger partial charge in [0.25, 0.3) is 0 Å². The van der Waals surface area contributed by atoms with Crippen LogP contribution in [0.5, 0.6) is 0 Å². The molecule has 1 heterocycles. The van der Waals surface area contributed by atoms with Crippen LogP contribution in [0.15, 0.2) is 23.0 Å². The molecule has 0 bridgehead atoms. The summed E-state index contributed by atoms with van der Waals surface area (Å²) in [6, 6.07) is 0. The van der Waals surface area contributed by atoms with Gasteiger partial charge in [0.1, 0.15) is 0 Å². The maximum absolute atomic E-state index is 4.71. The van der Waals surface area contributed by atoms with Crippen LogP contribution in [0.2, 0.25) is 0 Å². The van der Waals surface area contributed by atoms with Crippen molar-refractivity contribution < 1.29 is 0 Å². The molecule has 0 aliphatic heterocycles. The maximum Gasteiger partial charge on any atom is 0.194 e. The van der Waals surface area contributed by atoms with Gasteiger partial charge in [-0.3, -0.25) is 0 Å². The highest BCUT2D eigenvalue weighted by Gasteiger charge is 2.17. The van der Waals surface area contributed by atoms with Crippen molar-refractivity contribution in [2.24, 2.45) is 4.99 Å². The van der Waals surface area contributed by atoms with Crippen LogP contribution in [0.25, 0.3) is 0 Å². The molecule has 23 heavy (non-hydrogen) atoms. The van der Waals surface area contributed by atoms with E-state index < -0.39 is 0 Å². The number of nitrogens with one attached hydrogen (secondary N) is 1. The fourth-order valence-electron chi connectivity index (χ4n) is 1.93. The minimum atomic E-state index is 0. The largest absolute Gasteiger partial charge is 0.357 e. The highest BCUT2D eigenvalue weighted by molar-refractivity contribution is 14.0. The molecule has 0 aliphatic carbocycles. The minimum absolute atomic E-state index is 0. The van der Waals surface area contributed by atoms with E-state index in [9.17, 15) is 0 Å². The number of hydrogen-bond donors (Lipinski definition) is 1. The van der Waals surface area contributed by atoms with Crippen LogP contribution >= 0.6 is 35.3 Å². The van der Waals surface area contributed by atoms with Gasteiger partial charge < -0.3 is 10.2 Å². The van der Waals surface area contributed by atoms with E-state index in [4.69, 9.17) is 9.98 Å². The number of guanidine groups is 1. The summed E-state index contributed by atoms with van der Waals surface area (Å²) in [6.45, 7) is 14.9. The minimum Gasteiger partial charge on any atom is -0.357 e. The van der Waals surface area contributed by atoms with E-state index in [0.717, 1.165) is 37.6 Å². The zero-order valence-corrected chi connectivity index (χ0v) is 18.2. The van der Waals surface area contributed by atoms with Crippen molar-refractivity contribution in [1.29, 1.82) is 0 Å². The number of unbranched alkanes of at least 4 members (excludes halogenated alkanes) is 1. The van der Waals surface area contributed by atoms with E-state index in [0.29, 0.717) is 6.54 Å². The Labute approximate surface area is 162 Å². The molecule has 1 aromatic rings. The van der Waals surface area contributed by atoms with Crippen molar-refractivity contribution in [2.75, 3.05) is 20.1 Å². The molecule has 0 aliphatic rings. The summed E-state index contributed by atoms with van der Waals surface area (Å²) in [5.74, 6) is 0.942. The van der Waals surface area contributed by atoms with Crippen molar-refractivity contribution in [3.63, 3.8) is 0 Å². The molecule has 4 nitrogen and oxygen atoms in total. The molecule has 0 fully saturated rings. The third kappa shape index (κ3) is 8.15. The Morgan fingerprint density at radius 1 is 1.48 bits per heavy atom. The van der Waals surface area contributed by atoms with E-state index in [1.54, 1.807) is 11.3 Å². The lowest BCUT2D eigenvalue weighted by atomic mass is 9.98. The van der Waals surface area contributed by atoms with Gasteiger partial charge in [-0.05, 0) is 19.8 Å². The number of aliphatic imine (C=N–C) groups is 1. The van der Waals surface area contributed by atoms with Crippen molar-refractivity contribution in [3.8, 4) is 0 Å². The van der Waals surface area contributed by atoms with E-state index in [1.165, 1.54) is 5.01 Å². The second-order valence-corrected chi connectivity index (χ2v) is 7.27. The molecule has 0 radical (unpaired) electrons. The molecule has 1 rings (SSSR count). The number of halogens is 1. The summed E-state index contributed by atoms with van der Waals surface area (Å²) in [5.41, 5.74) is 1.16. The van der Waals surface area contributed by atoms with Gasteiger partial charge >= 0.3 is 0 Å². The summed E-state index contributed by atoms with van der Waals surface area (Å²) >= 11 is 1.72. The monoisotopic (exact) mass is 450 g/mol. The van der Waals surface area contributed by atoms with E-state index >= 15 is 0 Å². The van der Waals surface area contributed by atoms with Gasteiger partial charge in [0.15, 0.2) is 5.96 Å². The van der Waals surface area contributed by atoms with Gasteiger partial charge in [0.2, 0.25) is 0 Å². The van der Waals surface area contributed by atoms with Crippen molar-refractivity contribution >= 4 is 41.3 Å². The first-order chi connectivity index (χ1) is 10.4. The van der Waals surface area contributed by atoms with Gasteiger partial charge in [0, 0.05) is 30.9 Å². The zero-order valence-electron chi connectivity index (χ0n) is 15.1. The fraction of sp³-hybridized carbons (Fsp3) is 0.647. The number of nitrogens with zero attached hydrogens (tertiary/aromatic N) is 3. The highest BCUT2D eigenvalue weighted by Crippen LogP contribution is 2.25. The zero-order chi connectivity index (χ0) is 16.6. The first-order valence-electron chi connectivity index (χ1n) is 7.93. The molecular formula is C17H31IN4S. The second-order valence-electron chi connectivity index (χ2n) is 6.42. The summed E-state index contributed by atoms with van der Waals surface area (Å²) in [6.07, 6.45) is 4.08. The Morgan fingerprint density at radius 3 is 2.70 bits per heavy atom. The summed E-state index contributed by atoms with van der Waals surface area (Å²) in [4.78, 5) is 11.6. The summed E-state index contributed by atoms with van der Waals surface area (Å²) in [7, 11) is 2.08. The van der Waals surface area contributed by atoms with Crippen LogP contribution in [0, 0.1) is 0 Å². The average Bonchev–Trinajstić information content (AvgIpc) is 2.92. The number of allylic oxidation sites excluding steroid dienone is 1. The molecule has 0 unspecified atom stereocenters. The van der Waals surface area contributed by atoms with E-state index in [2.05, 4.69) is 56.9 Å². The molecule has 0 saturated carbocycles. The number of rotatable bonds is 7. The molecule has 0 spiro atoms. The Bertz CT molecular complexity index is 491. The molecule has 132 valence electrons. The fourth-order valence-corrected chi connectivity index (χ4v) is 2.83. The summed E-state index contributed by atoms with van der Waals surface area (Å²) in [5, 5.41) is 6.63. The molecule has 0 aromatic carbocycles. The van der Waals surface area contributed by atoms with Crippen LogP contribution in [0.1, 0.15) is 51.2 Å². The molecular weight excluding hydrogens is 419 g/mol. The Morgan fingerprint density at radius 2 is 2.17 bits per heavy atom. The van der Waals surface area contributed by atoms with Gasteiger partial charge in [-0.1, -0.05) is 26.8 Å². The van der Waals surface area contributed by atoms with Crippen LogP contribution < -0.4 is 5.32 Å². The Hall–Kier alpha value is -0.630. The number of hydrogen-bond acceptors (Lipinski definition) is 3. The lowest BCUT2D eigenvalue weighted by molar-refractivity contribution is 0.470. The van der Waals surface area contributed by atoms with Crippen molar-refractivity contribution in [1.82, 2.24) is 15.2 Å². The Kier molecular flexibility index (Phi) is 10.7. The Balaban J connectivity index is 0.00000484. The van der Waals surface area contributed by atoms with Crippen molar-refractivity contribution in [2.45, 2.75) is 52.5 Å². The average molecular weight is 450 g/mol. The first kappa shape index (κ1) is 22.4. The molecule has 0 saturated heterocycles. The first-order valence-corrected chi connectivity index (χ1v) is 8.81. The second kappa shape index (κ2) is 11.0. The predicted molar refractivity (Wildman–Crippen MR) is 113 cm³/mol. The van der Waals surface area contributed by atoms with Crippen LogP contribution in [0.3, 0.4) is 0 Å². The van der Waals surface area contributed by atoms with E-state index in [-0.39, 0.29) is 29.4 Å². The van der Waals surface area contributed by atoms with Crippen molar-refractivity contribution in [3.05, 3.63) is 28.7 Å². The summed E-state index contributed by atoms with van der Waals surface area (Å²) < 4.78 is 0. The maximum atomic E-state index is 4.71. The third-order valence-electron chi connectivity index (χ3n) is 3.18. The normalized spacial score (nSPS) is 11.8. The van der Waals surface area contributed by atoms with Crippen LogP contribution in [-0.4, -0.2) is 36.0 Å². The van der Waals surface area contributed by atoms with Crippen LogP contribution in [-0.2, 0) is 12.0 Å².